The number of carbonyl (C=O) groups is 2. The summed E-state index contributed by atoms with van der Waals surface area (Å²) < 4.78 is 5.17. The zero-order valence-electron chi connectivity index (χ0n) is 16.9. The van der Waals surface area contributed by atoms with Crippen LogP contribution in [0.3, 0.4) is 0 Å². The molecule has 2 aromatic carbocycles. The summed E-state index contributed by atoms with van der Waals surface area (Å²) in [4.78, 5) is 26.8. The molecule has 1 fully saturated rings. The van der Waals surface area contributed by atoms with E-state index in [0.29, 0.717) is 19.5 Å². The quantitative estimate of drug-likeness (QED) is 0.736. The minimum absolute atomic E-state index is 0.0169. The molecule has 2 aliphatic rings. The fraction of sp³-hybridized carbons (Fsp3) is 0.417. The Morgan fingerprint density at radius 3 is 2.72 bits per heavy atom. The van der Waals surface area contributed by atoms with E-state index >= 15 is 0 Å². The molecule has 29 heavy (non-hydrogen) atoms. The summed E-state index contributed by atoms with van der Waals surface area (Å²) in [7, 11) is 1.66. The number of nitrogens with one attached hydrogen (secondary N) is 1. The van der Waals surface area contributed by atoms with E-state index in [0.717, 1.165) is 37.1 Å². The molecular weight excluding hydrogens is 364 g/mol. The first-order valence-corrected chi connectivity index (χ1v) is 10.5. The molecule has 1 aliphatic carbocycles. The third-order valence-corrected chi connectivity index (χ3v) is 5.99. The highest BCUT2D eigenvalue weighted by Crippen LogP contribution is 2.30. The number of hydrogen-bond acceptors (Lipinski definition) is 3. The summed E-state index contributed by atoms with van der Waals surface area (Å²) in [5, 5.41) is 3.01. The highest BCUT2D eigenvalue weighted by Gasteiger charge is 2.35. The monoisotopic (exact) mass is 392 g/mol. The van der Waals surface area contributed by atoms with E-state index in [-0.39, 0.29) is 17.7 Å². The normalized spacial score (nSPS) is 18.0. The van der Waals surface area contributed by atoms with E-state index in [4.69, 9.17) is 4.74 Å². The predicted octanol–water partition coefficient (Wildman–Crippen LogP) is 3.29. The molecule has 0 spiro atoms. The molecule has 1 unspecified atom stereocenters. The van der Waals surface area contributed by atoms with Crippen LogP contribution in [0.2, 0.25) is 0 Å². The lowest BCUT2D eigenvalue weighted by Gasteiger charge is -2.18. The Morgan fingerprint density at radius 2 is 1.93 bits per heavy atom. The molecule has 5 nitrogen and oxygen atoms in total. The number of methoxy groups -OCH3 is 1. The molecule has 1 atom stereocenters. The number of hydrogen-bond donors (Lipinski definition) is 1. The molecule has 2 amide bonds. The SMILES string of the molecule is COc1ccc(CCCNC(=O)C2CC(=O)N(c3ccc4c(c3)CCC4)C2)cc1. The Bertz CT molecular complexity index is 891. The molecule has 0 radical (unpaired) electrons. The van der Waals surface area contributed by atoms with E-state index in [1.54, 1.807) is 12.0 Å². The molecule has 0 bridgehead atoms. The van der Waals surface area contributed by atoms with E-state index in [2.05, 4.69) is 17.4 Å². The van der Waals surface area contributed by atoms with Crippen LogP contribution in [0, 0.1) is 5.92 Å². The van der Waals surface area contributed by atoms with Gasteiger partial charge in [0.2, 0.25) is 11.8 Å². The highest BCUT2D eigenvalue weighted by atomic mass is 16.5. The second-order valence-electron chi connectivity index (χ2n) is 7.95. The number of carbonyl (C=O) groups excluding carboxylic acids is 2. The van der Waals surface area contributed by atoms with Gasteiger partial charge < -0.3 is 15.0 Å². The van der Waals surface area contributed by atoms with Gasteiger partial charge in [-0.25, -0.2) is 0 Å². The molecule has 5 heteroatoms. The molecule has 1 N–H and O–H groups in total. The number of anilines is 1. The summed E-state index contributed by atoms with van der Waals surface area (Å²) in [6, 6.07) is 14.3. The first-order chi connectivity index (χ1) is 14.1. The third-order valence-electron chi connectivity index (χ3n) is 5.99. The molecule has 0 saturated carbocycles. The maximum Gasteiger partial charge on any atom is 0.227 e. The van der Waals surface area contributed by atoms with Crippen LogP contribution in [0.5, 0.6) is 5.75 Å². The Balaban J connectivity index is 1.25. The maximum absolute atomic E-state index is 12.5. The van der Waals surface area contributed by atoms with E-state index < -0.39 is 0 Å². The third kappa shape index (κ3) is 4.44. The Morgan fingerprint density at radius 1 is 1.14 bits per heavy atom. The van der Waals surface area contributed by atoms with Crippen molar-refractivity contribution in [3.63, 3.8) is 0 Å². The van der Waals surface area contributed by atoms with Crippen molar-refractivity contribution in [2.24, 2.45) is 5.92 Å². The van der Waals surface area contributed by atoms with Crippen LogP contribution in [-0.4, -0.2) is 32.0 Å². The van der Waals surface area contributed by atoms with Crippen LogP contribution in [-0.2, 0) is 28.9 Å². The second kappa shape index (κ2) is 8.68. The molecule has 1 heterocycles. The number of ether oxygens (including phenoxy) is 1. The van der Waals surface area contributed by atoms with Crippen LogP contribution < -0.4 is 15.0 Å². The molecule has 4 rings (SSSR count). The van der Waals surface area contributed by atoms with Gasteiger partial charge in [-0.2, -0.15) is 0 Å². The van der Waals surface area contributed by atoms with Crippen LogP contribution >= 0.6 is 0 Å². The minimum atomic E-state index is -0.267. The maximum atomic E-state index is 12.5. The fourth-order valence-electron chi connectivity index (χ4n) is 4.30. The van der Waals surface area contributed by atoms with Gasteiger partial charge in [0.05, 0.1) is 13.0 Å². The van der Waals surface area contributed by atoms with E-state index in [1.165, 1.54) is 23.1 Å². The van der Waals surface area contributed by atoms with Crippen molar-refractivity contribution in [3.05, 3.63) is 59.2 Å². The van der Waals surface area contributed by atoms with Crippen molar-refractivity contribution in [2.75, 3.05) is 25.1 Å². The first-order valence-electron chi connectivity index (χ1n) is 10.5. The van der Waals surface area contributed by atoms with Gasteiger partial charge >= 0.3 is 0 Å². The number of aryl methyl sites for hydroxylation is 3. The zero-order chi connectivity index (χ0) is 20.2. The van der Waals surface area contributed by atoms with Gasteiger partial charge in [0.1, 0.15) is 5.75 Å². The summed E-state index contributed by atoms with van der Waals surface area (Å²) in [6.07, 6.45) is 5.46. The predicted molar refractivity (Wildman–Crippen MR) is 113 cm³/mol. The van der Waals surface area contributed by atoms with Crippen molar-refractivity contribution < 1.29 is 14.3 Å². The van der Waals surface area contributed by atoms with Gasteiger partial charge in [-0.3, -0.25) is 9.59 Å². The van der Waals surface area contributed by atoms with Gasteiger partial charge in [0.25, 0.3) is 0 Å². The number of nitrogens with zero attached hydrogens (tertiary/aromatic N) is 1. The molecule has 0 aromatic heterocycles. The summed E-state index contributed by atoms with van der Waals surface area (Å²) in [5.41, 5.74) is 4.90. The van der Waals surface area contributed by atoms with Gasteiger partial charge in [0.15, 0.2) is 0 Å². The lowest BCUT2D eigenvalue weighted by atomic mass is 10.1. The Hall–Kier alpha value is -2.82. The van der Waals surface area contributed by atoms with Crippen molar-refractivity contribution >= 4 is 17.5 Å². The fourth-order valence-corrected chi connectivity index (χ4v) is 4.30. The average Bonchev–Trinajstić information content (AvgIpc) is 3.37. The molecule has 1 saturated heterocycles. The van der Waals surface area contributed by atoms with Crippen LogP contribution in [0.1, 0.15) is 36.0 Å². The van der Waals surface area contributed by atoms with Gasteiger partial charge in [-0.05, 0) is 73.1 Å². The minimum Gasteiger partial charge on any atom is -0.497 e. The van der Waals surface area contributed by atoms with Crippen LogP contribution in [0.25, 0.3) is 0 Å². The van der Waals surface area contributed by atoms with Gasteiger partial charge in [0, 0.05) is 25.2 Å². The summed E-state index contributed by atoms with van der Waals surface area (Å²) >= 11 is 0. The second-order valence-corrected chi connectivity index (χ2v) is 7.95. The van der Waals surface area contributed by atoms with Gasteiger partial charge in [-0.1, -0.05) is 18.2 Å². The number of amides is 2. The summed E-state index contributed by atoms with van der Waals surface area (Å²) in [5.74, 6) is 0.607. The Kier molecular flexibility index (Phi) is 5.84. The van der Waals surface area contributed by atoms with Crippen LogP contribution in [0.15, 0.2) is 42.5 Å². The highest BCUT2D eigenvalue weighted by molar-refractivity contribution is 6.00. The van der Waals surface area contributed by atoms with Gasteiger partial charge in [-0.15, -0.1) is 0 Å². The van der Waals surface area contributed by atoms with Crippen molar-refractivity contribution in [3.8, 4) is 5.75 Å². The zero-order valence-corrected chi connectivity index (χ0v) is 16.9. The molecule has 2 aromatic rings. The standard InChI is InChI=1S/C24H28N2O3/c1-29-22-11-7-17(8-12-22)4-3-13-25-24(28)20-15-23(27)26(16-20)21-10-9-18-5-2-6-19(18)14-21/h7-12,14,20H,2-6,13,15-16H2,1H3,(H,25,28). The smallest absolute Gasteiger partial charge is 0.227 e. The largest absolute Gasteiger partial charge is 0.497 e. The number of rotatable bonds is 7. The topological polar surface area (TPSA) is 58.6 Å². The Labute approximate surface area is 172 Å². The van der Waals surface area contributed by atoms with E-state index in [9.17, 15) is 9.59 Å². The lowest BCUT2D eigenvalue weighted by molar-refractivity contribution is -0.126. The lowest BCUT2D eigenvalue weighted by Crippen LogP contribution is -2.33. The van der Waals surface area contributed by atoms with Crippen LogP contribution in [0.4, 0.5) is 5.69 Å². The number of fused-ring (bicyclic) bond motifs is 1. The summed E-state index contributed by atoms with van der Waals surface area (Å²) in [6.45, 7) is 1.09. The van der Waals surface area contributed by atoms with Crippen molar-refractivity contribution in [1.82, 2.24) is 5.32 Å². The van der Waals surface area contributed by atoms with Crippen molar-refractivity contribution in [1.29, 1.82) is 0 Å². The molecular formula is C24H28N2O3. The molecule has 1 aliphatic heterocycles. The number of benzene rings is 2. The average molecular weight is 392 g/mol. The molecule has 152 valence electrons. The first kappa shape index (κ1) is 19.5. The van der Waals surface area contributed by atoms with E-state index in [1.807, 2.05) is 30.3 Å². The van der Waals surface area contributed by atoms with Crippen molar-refractivity contribution in [2.45, 2.75) is 38.5 Å².